The van der Waals surface area contributed by atoms with E-state index in [1.54, 1.807) is 0 Å². The van der Waals surface area contributed by atoms with Crippen molar-refractivity contribution in [3.8, 4) is 0 Å². The summed E-state index contributed by atoms with van der Waals surface area (Å²) in [4.78, 5) is 2.60. The minimum atomic E-state index is 0.382. The molecule has 1 heterocycles. The Morgan fingerprint density at radius 2 is 1.83 bits per heavy atom. The molecular formula is C14H30N2S2. The van der Waals surface area contributed by atoms with Crippen molar-refractivity contribution in [3.63, 3.8) is 0 Å². The van der Waals surface area contributed by atoms with Crippen molar-refractivity contribution in [1.82, 2.24) is 10.2 Å². The number of nitrogens with one attached hydrogen (secondary N) is 1. The fourth-order valence-electron chi connectivity index (χ4n) is 2.22. The minimum Gasteiger partial charge on any atom is -0.314 e. The third kappa shape index (κ3) is 7.93. The summed E-state index contributed by atoms with van der Waals surface area (Å²) in [7, 11) is 4.16. The van der Waals surface area contributed by atoms with Gasteiger partial charge in [-0.25, -0.2) is 0 Å². The van der Waals surface area contributed by atoms with Gasteiger partial charge in [-0.1, -0.05) is 47.8 Å². The maximum Gasteiger partial charge on any atom is 0.0334 e. The molecule has 1 aliphatic rings. The Bertz CT molecular complexity index is 204. The average molecular weight is 291 g/mol. The Labute approximate surface area is 121 Å². The van der Waals surface area contributed by atoms with Crippen molar-refractivity contribution in [1.29, 1.82) is 0 Å². The lowest BCUT2D eigenvalue weighted by molar-refractivity contribution is 0.227. The molecule has 1 rings (SSSR count). The number of piperazine rings is 1. The molecule has 108 valence electrons. The number of rotatable bonds is 9. The molecule has 0 atom stereocenters. The van der Waals surface area contributed by atoms with E-state index in [4.69, 9.17) is 0 Å². The molecule has 18 heavy (non-hydrogen) atoms. The monoisotopic (exact) mass is 290 g/mol. The quantitative estimate of drug-likeness (QED) is 0.515. The summed E-state index contributed by atoms with van der Waals surface area (Å²) < 4.78 is 0.382. The normalized spacial score (nSPS) is 18.2. The molecule has 1 aliphatic heterocycles. The molecule has 0 aromatic heterocycles. The zero-order chi connectivity index (χ0) is 13.3. The number of unbranched alkanes of at least 4 members (excludes halogenated alkanes) is 3. The van der Waals surface area contributed by atoms with Crippen LogP contribution in [-0.4, -0.2) is 48.1 Å². The molecular weight excluding hydrogens is 260 g/mol. The maximum absolute atomic E-state index is 3.42. The van der Waals surface area contributed by atoms with E-state index in [0.29, 0.717) is 4.75 Å². The van der Waals surface area contributed by atoms with Crippen molar-refractivity contribution in [2.24, 2.45) is 0 Å². The van der Waals surface area contributed by atoms with Gasteiger partial charge in [-0.3, -0.25) is 4.90 Å². The Morgan fingerprint density at radius 1 is 1.11 bits per heavy atom. The Balaban J connectivity index is 2.06. The summed E-state index contributed by atoms with van der Waals surface area (Å²) in [6.07, 6.45) is 5.53. The Kier molecular flexibility index (Phi) is 8.81. The number of nitrogens with zero attached hydrogens (tertiary/aromatic N) is 1. The lowest BCUT2D eigenvalue weighted by Crippen LogP contribution is -2.47. The van der Waals surface area contributed by atoms with Gasteiger partial charge in [0.15, 0.2) is 0 Å². The zero-order valence-electron chi connectivity index (χ0n) is 12.3. The highest BCUT2D eigenvalue weighted by Crippen LogP contribution is 2.36. The van der Waals surface area contributed by atoms with Crippen molar-refractivity contribution >= 4 is 21.6 Å². The van der Waals surface area contributed by atoms with Crippen molar-refractivity contribution in [2.45, 2.75) is 51.2 Å². The van der Waals surface area contributed by atoms with Crippen LogP contribution in [0, 0.1) is 0 Å². The van der Waals surface area contributed by atoms with Crippen LogP contribution in [0.3, 0.4) is 0 Å². The largest absolute Gasteiger partial charge is 0.314 e. The van der Waals surface area contributed by atoms with Gasteiger partial charge in [0.25, 0.3) is 0 Å². The van der Waals surface area contributed by atoms with E-state index in [9.17, 15) is 0 Å². The summed E-state index contributed by atoms with van der Waals surface area (Å²) in [6, 6.07) is 0. The number of hydrogen-bond donors (Lipinski definition) is 1. The summed E-state index contributed by atoms with van der Waals surface area (Å²) in [6.45, 7) is 13.0. The predicted molar refractivity (Wildman–Crippen MR) is 87.6 cm³/mol. The molecule has 4 heteroatoms. The first-order valence-corrected chi connectivity index (χ1v) is 9.69. The Morgan fingerprint density at radius 3 is 2.50 bits per heavy atom. The third-order valence-electron chi connectivity index (χ3n) is 3.18. The highest BCUT2D eigenvalue weighted by Gasteiger charge is 2.23. The van der Waals surface area contributed by atoms with Crippen LogP contribution >= 0.6 is 21.6 Å². The lowest BCUT2D eigenvalue weighted by atomic mass is 10.2. The Hall–Kier alpha value is 0.620. The zero-order valence-corrected chi connectivity index (χ0v) is 14.0. The second-order valence-corrected chi connectivity index (χ2v) is 8.87. The topological polar surface area (TPSA) is 15.3 Å². The molecule has 0 amide bonds. The molecule has 0 aliphatic carbocycles. The van der Waals surface area contributed by atoms with Gasteiger partial charge in [0.1, 0.15) is 0 Å². The highest BCUT2D eigenvalue weighted by atomic mass is 33.1. The van der Waals surface area contributed by atoms with Crippen LogP contribution in [-0.2, 0) is 0 Å². The van der Waals surface area contributed by atoms with Crippen molar-refractivity contribution in [3.05, 3.63) is 0 Å². The van der Waals surface area contributed by atoms with E-state index in [0.717, 1.165) is 13.1 Å². The van der Waals surface area contributed by atoms with E-state index in [-0.39, 0.29) is 0 Å². The molecule has 0 bridgehead atoms. The predicted octanol–water partition coefficient (Wildman–Crippen LogP) is 3.63. The summed E-state index contributed by atoms with van der Waals surface area (Å²) in [5.41, 5.74) is 0. The van der Waals surface area contributed by atoms with Gasteiger partial charge in [0, 0.05) is 43.2 Å². The van der Waals surface area contributed by atoms with E-state index in [2.05, 4.69) is 52.6 Å². The lowest BCUT2D eigenvalue weighted by Gasteiger charge is -2.34. The van der Waals surface area contributed by atoms with Gasteiger partial charge in [-0.05, 0) is 20.3 Å². The first-order valence-electron chi connectivity index (χ1n) is 7.38. The van der Waals surface area contributed by atoms with E-state index in [1.165, 1.54) is 51.1 Å². The average Bonchev–Trinajstić information content (AvgIpc) is 2.34. The molecule has 0 saturated carbocycles. The molecule has 0 aromatic rings. The van der Waals surface area contributed by atoms with Crippen molar-refractivity contribution in [2.75, 3.05) is 38.5 Å². The smallest absolute Gasteiger partial charge is 0.0334 e. The van der Waals surface area contributed by atoms with Gasteiger partial charge >= 0.3 is 0 Å². The second-order valence-electron chi connectivity index (χ2n) is 5.75. The molecule has 1 N–H and O–H groups in total. The molecule has 0 spiro atoms. The van der Waals surface area contributed by atoms with E-state index >= 15 is 0 Å². The van der Waals surface area contributed by atoms with Crippen LogP contribution in [0.25, 0.3) is 0 Å². The highest BCUT2D eigenvalue weighted by molar-refractivity contribution is 8.77. The fourth-order valence-corrected chi connectivity index (χ4v) is 4.90. The first kappa shape index (κ1) is 16.7. The van der Waals surface area contributed by atoms with Crippen LogP contribution in [0.1, 0.15) is 46.5 Å². The molecule has 1 saturated heterocycles. The van der Waals surface area contributed by atoms with E-state index in [1.807, 2.05) is 0 Å². The number of hydrogen-bond acceptors (Lipinski definition) is 4. The van der Waals surface area contributed by atoms with Gasteiger partial charge in [-0.2, -0.15) is 0 Å². The van der Waals surface area contributed by atoms with Crippen LogP contribution in [0.15, 0.2) is 0 Å². The van der Waals surface area contributed by atoms with Crippen LogP contribution in [0.4, 0.5) is 0 Å². The summed E-state index contributed by atoms with van der Waals surface area (Å²) in [5, 5.41) is 3.42. The van der Waals surface area contributed by atoms with Crippen LogP contribution in [0.5, 0.6) is 0 Å². The SMILES string of the molecule is CCCCCCSSC(C)(C)CN1CCNCC1. The van der Waals surface area contributed by atoms with Gasteiger partial charge in [-0.15, -0.1) is 0 Å². The van der Waals surface area contributed by atoms with Crippen LogP contribution in [0.2, 0.25) is 0 Å². The molecule has 0 unspecified atom stereocenters. The van der Waals surface area contributed by atoms with Crippen LogP contribution < -0.4 is 5.32 Å². The van der Waals surface area contributed by atoms with E-state index < -0.39 is 0 Å². The molecule has 0 radical (unpaired) electrons. The molecule has 0 aromatic carbocycles. The van der Waals surface area contributed by atoms with Gasteiger partial charge in [0.05, 0.1) is 0 Å². The summed E-state index contributed by atoms with van der Waals surface area (Å²) in [5.74, 6) is 1.32. The molecule has 1 fully saturated rings. The van der Waals surface area contributed by atoms with Crippen molar-refractivity contribution < 1.29 is 0 Å². The third-order valence-corrected chi connectivity index (χ3v) is 6.54. The maximum atomic E-state index is 3.42. The standard InChI is InChI=1S/C14H30N2S2/c1-4-5-6-7-12-17-18-14(2,3)13-16-10-8-15-9-11-16/h15H,4-13H2,1-3H3. The van der Waals surface area contributed by atoms with Gasteiger partial charge < -0.3 is 5.32 Å². The minimum absolute atomic E-state index is 0.382. The second kappa shape index (κ2) is 9.51. The fraction of sp³-hybridized carbons (Fsp3) is 1.00. The first-order chi connectivity index (χ1) is 8.64. The molecule has 2 nitrogen and oxygen atoms in total. The van der Waals surface area contributed by atoms with Gasteiger partial charge in [0.2, 0.25) is 0 Å². The summed E-state index contributed by atoms with van der Waals surface area (Å²) >= 11 is 0.